The Balaban J connectivity index is 0.000000394. The van der Waals surface area contributed by atoms with Crippen LogP contribution < -0.4 is 20.5 Å². The van der Waals surface area contributed by atoms with Crippen molar-refractivity contribution in [1.29, 1.82) is 0 Å². The van der Waals surface area contributed by atoms with Crippen molar-refractivity contribution in [2.24, 2.45) is 64.9 Å². The van der Waals surface area contributed by atoms with Gasteiger partial charge in [-0.3, -0.25) is 72.0 Å². The second-order valence-corrected chi connectivity index (χ2v) is 37.9. The maximum absolute atomic E-state index is 15.9. The first-order valence-electron chi connectivity index (χ1n) is 49.6. The molecule has 144 heavy (non-hydrogen) atoms. The summed E-state index contributed by atoms with van der Waals surface area (Å²) in [5, 5.41) is 35.2. The molecule has 0 radical (unpaired) electrons. The lowest BCUT2D eigenvalue weighted by atomic mass is 9.64. The minimum Gasteiger partial charge on any atom is -0.491 e. The van der Waals surface area contributed by atoms with E-state index in [1.54, 1.807) is 196 Å². The number of ketones is 4. The van der Waals surface area contributed by atoms with Gasteiger partial charge in [0, 0.05) is 35.3 Å². The summed E-state index contributed by atoms with van der Waals surface area (Å²) < 4.78 is 27.1. The van der Waals surface area contributed by atoms with Gasteiger partial charge in [-0.2, -0.15) is 0 Å². The number of carboxylic acid groups (broad SMARTS) is 2. The minimum atomic E-state index is -1.60. The number of carbonyl (C=O) groups excluding carboxylic acids is 12. The van der Waals surface area contributed by atoms with Crippen molar-refractivity contribution in [2.45, 2.75) is 142 Å². The van der Waals surface area contributed by atoms with Gasteiger partial charge in [-0.15, -0.1) is 0 Å². The Morgan fingerprint density at radius 2 is 0.785 bits per heavy atom. The Morgan fingerprint density at radius 3 is 1.17 bits per heavy atom. The largest absolute Gasteiger partial charge is 0.491 e. The van der Waals surface area contributed by atoms with Gasteiger partial charge in [0.15, 0.2) is 23.1 Å². The first-order valence-corrected chi connectivity index (χ1v) is 49.6. The van der Waals surface area contributed by atoms with Gasteiger partial charge in [0.2, 0.25) is 17.7 Å². The zero-order valence-electron chi connectivity index (χ0n) is 84.6. The molecule has 15 unspecified atom stereocenters. The van der Waals surface area contributed by atoms with E-state index in [-0.39, 0.29) is 125 Å². The summed E-state index contributed by atoms with van der Waals surface area (Å²) in [5.74, 6) is -23.4. The van der Waals surface area contributed by atoms with Crippen LogP contribution in [0.5, 0.6) is 11.5 Å². The molecule has 15 atom stereocenters. The number of nitrogens with zero attached hydrogens (tertiary/aromatic N) is 4. The fourth-order valence-corrected chi connectivity index (χ4v) is 19.3. The number of aliphatic carboxylic acids is 2. The van der Waals surface area contributed by atoms with Crippen molar-refractivity contribution >= 4 is 82.6 Å². The number of amides is 3. The summed E-state index contributed by atoms with van der Waals surface area (Å²) in [4.78, 5) is 199. The second-order valence-electron chi connectivity index (χ2n) is 37.9. The van der Waals surface area contributed by atoms with Crippen LogP contribution in [0.3, 0.4) is 0 Å². The number of ether oxygens (including phenoxy) is 5. The molecular weight excluding hydrogens is 1830 g/mol. The Hall–Kier alpha value is -13.6. The number of hydrogen-bond donors (Lipinski definition) is 5. The third-order valence-electron chi connectivity index (χ3n) is 26.9. The molecule has 0 aromatic heterocycles. The van der Waals surface area contributed by atoms with Crippen LogP contribution in [-0.2, 0) is 62.2 Å². The molecule has 3 aliphatic heterocycles. The number of likely N-dealkylation sites (tertiary alicyclic amines) is 1. The van der Waals surface area contributed by atoms with E-state index in [9.17, 15) is 58.2 Å². The number of benzene rings is 9. The number of unbranched alkanes of at least 4 members (excludes halogenated alkanes) is 1. The van der Waals surface area contributed by atoms with Gasteiger partial charge in [0.25, 0.3) is 0 Å². The van der Waals surface area contributed by atoms with Crippen LogP contribution in [0.1, 0.15) is 208 Å². The Kier molecular flexibility index (Phi) is 45.6. The van der Waals surface area contributed by atoms with Crippen LogP contribution in [0, 0.1) is 73.0 Å². The number of rotatable bonds is 51. The van der Waals surface area contributed by atoms with Crippen molar-refractivity contribution in [3.63, 3.8) is 0 Å². The highest BCUT2D eigenvalue weighted by Gasteiger charge is 2.57. The Labute approximate surface area is 845 Å². The van der Waals surface area contributed by atoms with Gasteiger partial charge in [0.1, 0.15) is 31.3 Å². The van der Waals surface area contributed by atoms with E-state index < -0.39 is 125 Å². The number of nitrogens with one attached hydrogen (secondary N) is 1. The number of aliphatic hydroxyl groups is 1. The van der Waals surface area contributed by atoms with Gasteiger partial charge < -0.3 is 64.8 Å². The fraction of sp³-hybridized carbons (Fsp3) is 0.414. The van der Waals surface area contributed by atoms with Gasteiger partial charge in [0.05, 0.1) is 78.6 Å². The minimum absolute atomic E-state index is 0.0237. The molecule has 3 fully saturated rings. The molecule has 3 saturated heterocycles. The SMILES string of the molecule is CCC(c1ccccc1)C(C(=O)OCCOc1ccc(C(=O)CC(=O)c2ccc(C)cc2)cc1)C(CC(c1ccccc1)C1C(=O)N(CCCN(C)C)C(=O)C1CC(c1ccccc1)C(C(=O)NCCCN(C)C)C(CC(c1ccccc1)C1C(=O)OC(=O)C1C)C(=O)O)C(=O)O.CCC(c1ccccc1)C1C(=O)OC(=O)C1C.CN(C)CCCCN.Cc1ccc(C(=O)CC(=O)c2ccc(OCCO)cc2)cc1. The summed E-state index contributed by atoms with van der Waals surface area (Å²) in [7, 11) is 11.6. The monoisotopic (exact) mass is 1970 g/mol. The van der Waals surface area contributed by atoms with Crippen LogP contribution >= 0.6 is 0 Å². The molecule has 0 saturated carbocycles. The third kappa shape index (κ3) is 33.0. The van der Waals surface area contributed by atoms with Crippen molar-refractivity contribution in [1.82, 2.24) is 24.9 Å². The summed E-state index contributed by atoms with van der Waals surface area (Å²) in [6, 6.07) is 71.9. The first-order chi connectivity index (χ1) is 69.1. The third-order valence-corrected chi connectivity index (χ3v) is 26.9. The highest BCUT2D eigenvalue weighted by Crippen LogP contribution is 2.52. The van der Waals surface area contributed by atoms with Crippen molar-refractivity contribution < 1.29 is 106 Å². The molecule has 28 heteroatoms. The molecule has 3 amide bonds. The zero-order valence-corrected chi connectivity index (χ0v) is 84.6. The van der Waals surface area contributed by atoms with Crippen molar-refractivity contribution in [3.8, 4) is 11.5 Å². The summed E-state index contributed by atoms with van der Waals surface area (Å²) in [5.41, 5.74) is 12.3. The van der Waals surface area contributed by atoms with E-state index in [2.05, 4.69) is 24.3 Å². The molecule has 6 N–H and O–H groups in total. The highest BCUT2D eigenvalue weighted by atomic mass is 16.6. The van der Waals surface area contributed by atoms with E-state index in [0.29, 0.717) is 81.9 Å². The number of carboxylic acids is 2. The number of hydrogen-bond acceptors (Lipinski definition) is 24. The average molecular weight is 1970 g/mol. The molecule has 3 aliphatic rings. The number of aryl methyl sites for hydroxylation is 2. The van der Waals surface area contributed by atoms with Gasteiger partial charge >= 0.3 is 41.8 Å². The predicted octanol–water partition coefficient (Wildman–Crippen LogP) is 16.3. The number of aliphatic hydroxyl groups excluding tert-OH is 1. The van der Waals surface area contributed by atoms with E-state index in [0.717, 1.165) is 42.6 Å². The molecule has 0 bridgehead atoms. The van der Waals surface area contributed by atoms with Crippen LogP contribution in [-0.4, -0.2) is 226 Å². The number of cyclic esters (lactones) is 4. The molecule has 766 valence electrons. The van der Waals surface area contributed by atoms with Crippen LogP contribution in [0.2, 0.25) is 0 Å². The lowest BCUT2D eigenvalue weighted by molar-refractivity contribution is -0.160. The maximum Gasteiger partial charge on any atom is 0.318 e. The van der Waals surface area contributed by atoms with Crippen molar-refractivity contribution in [3.05, 3.63) is 310 Å². The molecule has 3 heterocycles. The van der Waals surface area contributed by atoms with Crippen molar-refractivity contribution in [2.75, 3.05) is 108 Å². The second kappa shape index (κ2) is 57.6. The van der Waals surface area contributed by atoms with Crippen LogP contribution in [0.4, 0.5) is 0 Å². The summed E-state index contributed by atoms with van der Waals surface area (Å²) in [6.07, 6.45) is 2.83. The van der Waals surface area contributed by atoms with Gasteiger partial charge in [-0.1, -0.05) is 239 Å². The first kappa shape index (κ1) is 114. The number of carbonyl (C=O) groups is 14. The summed E-state index contributed by atoms with van der Waals surface area (Å²) >= 11 is 0. The highest BCUT2D eigenvalue weighted by molar-refractivity contribution is 6.14. The molecular formula is C116H140N6O22. The van der Waals surface area contributed by atoms with E-state index in [1.807, 2.05) is 120 Å². The summed E-state index contributed by atoms with van der Waals surface area (Å²) in [6.45, 7) is 13.8. The topological polar surface area (TPSA) is 397 Å². The molecule has 28 nitrogen and oxygen atoms in total. The van der Waals surface area contributed by atoms with Crippen LogP contribution in [0.25, 0.3) is 0 Å². The van der Waals surface area contributed by atoms with Gasteiger partial charge in [-0.05, 0) is 246 Å². The molecule has 9 aromatic carbocycles. The number of imide groups is 1. The van der Waals surface area contributed by atoms with E-state index >= 15 is 19.2 Å². The lowest BCUT2D eigenvalue weighted by Crippen LogP contribution is -2.44. The van der Waals surface area contributed by atoms with E-state index in [1.165, 1.54) is 23.5 Å². The lowest BCUT2D eigenvalue weighted by Gasteiger charge is -2.37. The fourth-order valence-electron chi connectivity index (χ4n) is 19.3. The quantitative estimate of drug-likeness (QED) is 0.00590. The standard InChI is InChI=1S/C78H90N4O15.C18H18O4.C14H16O3.C6H16N2/c1-8-58(51-23-13-9-14-24-51)70(77(93)96-44-43-95-57-37-35-56(36-38-57)66(84)48-65(83)55-33-31-49(2)32-34-55)64(75(90)91)47-61(54-29-19-12-20-30-54)69-62(72(86)82(73(69)87)42-22-41-81(6)7)45-60(53-27-17-11-18-28-53)68(71(85)79-39-21-40-80(4)5)63(74(88)89)46-59(52-25-15-10-16-26-52)67-50(3)76(92)97-78(67)94;1-13-2-4-14(5-3-13)17(20)12-18(21)15-6-8-16(9-7-15)22-11-10-19;1-3-11(10-7-5-4-6-8-10)12-9(2)13(15)17-14(12)16;1-8(2)6-4-3-5-7/h9-20,23-38,50,58-64,67-70H,8,21-22,39-48H2,1-7H3,(H,79,85)(H,88,89)(H,90,91);2-9,19H,10-12H2,1H3;4-9,11-12H,3H2,1-2H3;3-7H2,1-2H3. The van der Waals surface area contributed by atoms with Gasteiger partial charge in [-0.25, -0.2) is 0 Å². The normalized spacial score (nSPS) is 17.8. The Bertz CT molecular complexity index is 5680. The molecule has 0 spiro atoms. The predicted molar refractivity (Wildman–Crippen MR) is 548 cm³/mol. The van der Waals surface area contributed by atoms with E-state index in [4.69, 9.17) is 34.5 Å². The number of Topliss-reactive ketones (excluding diaryl/α,β-unsaturated/α-hetero) is 4. The average Bonchev–Trinajstić information content (AvgIpc) is 1.59. The van der Waals surface area contributed by atoms with Crippen LogP contribution in [0.15, 0.2) is 249 Å². The zero-order chi connectivity index (χ0) is 105. The maximum atomic E-state index is 15.9. The molecule has 9 aromatic rings. The molecule has 12 rings (SSSR count). The smallest absolute Gasteiger partial charge is 0.318 e. The number of esters is 5. The molecule has 0 aliphatic carbocycles. The Morgan fingerprint density at radius 1 is 0.417 bits per heavy atom. The number of nitrogens with two attached hydrogens (primary N) is 1.